The molecule has 30 heavy (non-hydrogen) atoms. The Labute approximate surface area is 178 Å². The highest BCUT2D eigenvalue weighted by molar-refractivity contribution is 7.92. The molecule has 0 unspecified atom stereocenters. The minimum absolute atomic E-state index is 0.0789. The molecule has 0 spiro atoms. The van der Waals surface area contributed by atoms with Gasteiger partial charge in [-0.1, -0.05) is 29.8 Å². The second-order valence-electron chi connectivity index (χ2n) is 7.66. The number of hydrogen-bond donors (Lipinski definition) is 2. The van der Waals surface area contributed by atoms with Crippen LogP contribution in [0.1, 0.15) is 38.2 Å². The fraction of sp³-hybridized carbons (Fsp3) is 0.208. The number of sulfonamides is 1. The van der Waals surface area contributed by atoms with Crippen LogP contribution in [-0.4, -0.2) is 14.3 Å². The molecule has 0 aliphatic heterocycles. The summed E-state index contributed by atoms with van der Waals surface area (Å²) >= 11 is 0. The third-order valence-corrected chi connectivity index (χ3v) is 6.64. The van der Waals surface area contributed by atoms with Gasteiger partial charge in [0, 0.05) is 11.3 Å². The Bertz CT molecular complexity index is 1230. The van der Waals surface area contributed by atoms with Crippen molar-refractivity contribution < 1.29 is 13.2 Å². The Morgan fingerprint density at radius 2 is 1.43 bits per heavy atom. The van der Waals surface area contributed by atoms with Crippen LogP contribution in [-0.2, 0) is 10.0 Å². The molecule has 0 heterocycles. The first-order valence-corrected chi connectivity index (χ1v) is 11.1. The lowest BCUT2D eigenvalue weighted by Gasteiger charge is -2.14. The van der Waals surface area contributed by atoms with E-state index in [0.717, 1.165) is 22.3 Å². The van der Waals surface area contributed by atoms with Crippen LogP contribution in [0.5, 0.6) is 0 Å². The molecular formula is C24H26N2O3S. The highest BCUT2D eigenvalue weighted by atomic mass is 32.2. The van der Waals surface area contributed by atoms with Crippen molar-refractivity contribution in [3.05, 3.63) is 88.0 Å². The van der Waals surface area contributed by atoms with Gasteiger partial charge < -0.3 is 5.32 Å². The first-order valence-electron chi connectivity index (χ1n) is 9.66. The summed E-state index contributed by atoms with van der Waals surface area (Å²) in [5.41, 5.74) is 6.12. The molecule has 0 aromatic heterocycles. The summed E-state index contributed by atoms with van der Waals surface area (Å²) < 4.78 is 28.7. The predicted octanol–water partition coefficient (Wildman–Crippen LogP) is 5.28. The molecule has 0 fully saturated rings. The van der Waals surface area contributed by atoms with E-state index in [1.54, 1.807) is 25.1 Å². The molecule has 5 nitrogen and oxygen atoms in total. The van der Waals surface area contributed by atoms with Gasteiger partial charge in [-0.15, -0.1) is 0 Å². The van der Waals surface area contributed by atoms with E-state index in [4.69, 9.17) is 0 Å². The van der Waals surface area contributed by atoms with E-state index < -0.39 is 10.0 Å². The minimum atomic E-state index is -3.85. The summed E-state index contributed by atoms with van der Waals surface area (Å²) in [4.78, 5) is 12.8. The van der Waals surface area contributed by atoms with E-state index in [9.17, 15) is 13.2 Å². The number of carbonyl (C=O) groups excluding carboxylic acids is 1. The Balaban J connectivity index is 1.89. The number of aryl methyl sites for hydroxylation is 5. The average Bonchev–Trinajstić information content (AvgIpc) is 2.67. The Hall–Kier alpha value is -3.12. The summed E-state index contributed by atoms with van der Waals surface area (Å²) in [6.07, 6.45) is 0. The fourth-order valence-electron chi connectivity index (χ4n) is 3.18. The topological polar surface area (TPSA) is 75.3 Å². The standard InChI is InChI=1S/C24H26N2O3S/c1-15-6-11-22(19(5)12-15)26-30(28,29)23-14-20(9-7-17(23)3)24(27)25-21-10-8-16(2)18(4)13-21/h6-14,26H,1-5H3,(H,25,27). The van der Waals surface area contributed by atoms with Gasteiger partial charge in [0.2, 0.25) is 0 Å². The monoisotopic (exact) mass is 422 g/mol. The van der Waals surface area contributed by atoms with E-state index in [1.807, 2.05) is 58.0 Å². The molecular weight excluding hydrogens is 396 g/mol. The van der Waals surface area contributed by atoms with Gasteiger partial charge in [0.05, 0.1) is 10.6 Å². The zero-order valence-electron chi connectivity index (χ0n) is 17.8. The second kappa shape index (κ2) is 8.32. The van der Waals surface area contributed by atoms with Gasteiger partial charge in [0.25, 0.3) is 15.9 Å². The summed E-state index contributed by atoms with van der Waals surface area (Å²) in [6, 6.07) is 15.8. The molecule has 3 aromatic carbocycles. The van der Waals surface area contributed by atoms with E-state index in [-0.39, 0.29) is 16.4 Å². The molecule has 0 aliphatic carbocycles. The van der Waals surface area contributed by atoms with Gasteiger partial charge in [-0.25, -0.2) is 8.42 Å². The molecule has 0 atom stereocenters. The zero-order chi connectivity index (χ0) is 22.1. The van der Waals surface area contributed by atoms with Gasteiger partial charge in [-0.3, -0.25) is 9.52 Å². The number of nitrogens with one attached hydrogen (secondary N) is 2. The smallest absolute Gasteiger partial charge is 0.262 e. The highest BCUT2D eigenvalue weighted by Crippen LogP contribution is 2.24. The molecule has 0 aliphatic rings. The van der Waals surface area contributed by atoms with Gasteiger partial charge in [0.15, 0.2) is 0 Å². The SMILES string of the molecule is Cc1ccc(NS(=O)(=O)c2cc(C(=O)Nc3ccc(C)c(C)c3)ccc2C)c(C)c1. The van der Waals surface area contributed by atoms with Crippen molar-refractivity contribution in [3.63, 3.8) is 0 Å². The van der Waals surface area contributed by atoms with Crippen LogP contribution in [0.2, 0.25) is 0 Å². The van der Waals surface area contributed by atoms with Crippen molar-refractivity contribution in [2.24, 2.45) is 0 Å². The van der Waals surface area contributed by atoms with Gasteiger partial charge in [0.1, 0.15) is 0 Å². The number of benzene rings is 3. The van der Waals surface area contributed by atoms with Crippen LogP contribution in [0.25, 0.3) is 0 Å². The van der Waals surface area contributed by atoms with Crippen molar-refractivity contribution in [3.8, 4) is 0 Å². The van der Waals surface area contributed by atoms with Crippen LogP contribution in [0.15, 0.2) is 59.5 Å². The summed E-state index contributed by atoms with van der Waals surface area (Å²) in [5.74, 6) is -0.360. The number of hydrogen-bond acceptors (Lipinski definition) is 3. The first-order chi connectivity index (χ1) is 14.1. The first kappa shape index (κ1) is 21.6. The number of carbonyl (C=O) groups is 1. The molecule has 0 saturated carbocycles. The predicted molar refractivity (Wildman–Crippen MR) is 122 cm³/mol. The van der Waals surface area contributed by atoms with E-state index in [1.165, 1.54) is 6.07 Å². The lowest BCUT2D eigenvalue weighted by molar-refractivity contribution is 0.102. The molecule has 3 rings (SSSR count). The molecule has 2 N–H and O–H groups in total. The fourth-order valence-corrected chi connectivity index (χ4v) is 4.58. The quantitative estimate of drug-likeness (QED) is 0.587. The zero-order valence-corrected chi connectivity index (χ0v) is 18.6. The maximum atomic E-state index is 13.0. The molecule has 1 amide bonds. The van der Waals surface area contributed by atoms with Crippen LogP contribution < -0.4 is 10.0 Å². The van der Waals surface area contributed by atoms with Gasteiger partial charge in [-0.05, 0) is 87.2 Å². The number of amides is 1. The van der Waals surface area contributed by atoms with Crippen LogP contribution in [0.4, 0.5) is 11.4 Å². The minimum Gasteiger partial charge on any atom is -0.322 e. The van der Waals surface area contributed by atoms with Crippen molar-refractivity contribution in [1.29, 1.82) is 0 Å². The molecule has 3 aromatic rings. The Morgan fingerprint density at radius 1 is 0.733 bits per heavy atom. The van der Waals surface area contributed by atoms with Crippen molar-refractivity contribution >= 4 is 27.3 Å². The van der Waals surface area contributed by atoms with Gasteiger partial charge in [-0.2, -0.15) is 0 Å². The van der Waals surface area contributed by atoms with Crippen molar-refractivity contribution in [2.45, 2.75) is 39.5 Å². The van der Waals surface area contributed by atoms with Crippen LogP contribution in [0, 0.1) is 34.6 Å². The molecule has 0 radical (unpaired) electrons. The maximum absolute atomic E-state index is 13.0. The Morgan fingerprint density at radius 3 is 2.10 bits per heavy atom. The third kappa shape index (κ3) is 4.71. The normalized spacial score (nSPS) is 11.2. The van der Waals surface area contributed by atoms with E-state index in [2.05, 4.69) is 10.0 Å². The Kier molecular flexibility index (Phi) is 5.99. The summed E-state index contributed by atoms with van der Waals surface area (Å²) in [7, 11) is -3.85. The lowest BCUT2D eigenvalue weighted by Crippen LogP contribution is -2.17. The number of anilines is 2. The summed E-state index contributed by atoms with van der Waals surface area (Å²) in [6.45, 7) is 9.49. The lowest BCUT2D eigenvalue weighted by atomic mass is 10.1. The third-order valence-electron chi connectivity index (χ3n) is 5.13. The molecule has 6 heteroatoms. The molecule has 0 saturated heterocycles. The average molecular weight is 423 g/mol. The van der Waals surface area contributed by atoms with Crippen molar-refractivity contribution in [1.82, 2.24) is 0 Å². The summed E-state index contributed by atoms with van der Waals surface area (Å²) in [5, 5.41) is 2.84. The second-order valence-corrected chi connectivity index (χ2v) is 9.31. The maximum Gasteiger partial charge on any atom is 0.262 e. The molecule has 0 bridgehead atoms. The van der Waals surface area contributed by atoms with Crippen LogP contribution >= 0.6 is 0 Å². The van der Waals surface area contributed by atoms with Crippen LogP contribution in [0.3, 0.4) is 0 Å². The molecule has 156 valence electrons. The van der Waals surface area contributed by atoms with Gasteiger partial charge >= 0.3 is 0 Å². The van der Waals surface area contributed by atoms with E-state index in [0.29, 0.717) is 16.9 Å². The number of rotatable bonds is 5. The highest BCUT2D eigenvalue weighted by Gasteiger charge is 2.20. The van der Waals surface area contributed by atoms with Crippen molar-refractivity contribution in [2.75, 3.05) is 10.0 Å². The van der Waals surface area contributed by atoms with E-state index >= 15 is 0 Å². The largest absolute Gasteiger partial charge is 0.322 e.